The van der Waals surface area contributed by atoms with Crippen molar-refractivity contribution in [1.29, 1.82) is 0 Å². The summed E-state index contributed by atoms with van der Waals surface area (Å²) in [6.07, 6.45) is 1.78. The zero-order chi connectivity index (χ0) is 10.4. The predicted molar refractivity (Wildman–Crippen MR) is 61.4 cm³/mol. The maximum atomic E-state index is 4.34. The Bertz CT molecular complexity index is 368. The van der Waals surface area contributed by atoms with Gasteiger partial charge in [0.1, 0.15) is 5.01 Å². The van der Waals surface area contributed by atoms with Crippen LogP contribution >= 0.6 is 11.3 Å². The lowest BCUT2D eigenvalue weighted by atomic mass is 10.4. The molecule has 0 spiro atoms. The van der Waals surface area contributed by atoms with Crippen LogP contribution in [0.25, 0.3) is 10.7 Å². The van der Waals surface area contributed by atoms with E-state index in [-0.39, 0.29) is 0 Å². The van der Waals surface area contributed by atoms with Crippen molar-refractivity contribution < 1.29 is 0 Å². The van der Waals surface area contributed by atoms with E-state index in [1.807, 2.05) is 44.4 Å². The second-order valence-electron chi connectivity index (χ2n) is 2.51. The fourth-order valence-electron chi connectivity index (χ4n) is 0.961. The maximum Gasteiger partial charge on any atom is 0.142 e. The molecule has 2 aromatic heterocycles. The van der Waals surface area contributed by atoms with Gasteiger partial charge in [0, 0.05) is 17.3 Å². The van der Waals surface area contributed by atoms with Gasteiger partial charge in [-0.3, -0.25) is 4.98 Å². The lowest BCUT2D eigenvalue weighted by Crippen LogP contribution is -1.79. The molecule has 3 heteroatoms. The number of pyridine rings is 1. The van der Waals surface area contributed by atoms with Crippen LogP contribution in [0.4, 0.5) is 0 Å². The van der Waals surface area contributed by atoms with Crippen molar-refractivity contribution in [3.63, 3.8) is 0 Å². The van der Waals surface area contributed by atoms with Gasteiger partial charge in [-0.25, -0.2) is 4.98 Å². The number of aryl methyl sites for hydroxylation is 1. The molecule has 0 N–H and O–H groups in total. The summed E-state index contributed by atoms with van der Waals surface area (Å²) >= 11 is 1.63. The van der Waals surface area contributed by atoms with Crippen LogP contribution in [-0.4, -0.2) is 9.97 Å². The summed E-state index contributed by atoms with van der Waals surface area (Å²) in [5.74, 6) is 0. The molecule has 0 amide bonds. The van der Waals surface area contributed by atoms with Gasteiger partial charge in [-0.05, 0) is 19.1 Å². The Morgan fingerprint density at radius 3 is 2.50 bits per heavy atom. The molecule has 0 saturated heterocycles. The van der Waals surface area contributed by atoms with Gasteiger partial charge in [0.2, 0.25) is 0 Å². The second-order valence-corrected chi connectivity index (χ2v) is 3.37. The lowest BCUT2D eigenvalue weighted by Gasteiger charge is -1.91. The molecule has 2 heterocycles. The Morgan fingerprint density at radius 1 is 1.21 bits per heavy atom. The summed E-state index contributed by atoms with van der Waals surface area (Å²) in [4.78, 5) is 8.55. The first-order valence-electron chi connectivity index (χ1n) is 4.70. The van der Waals surface area contributed by atoms with Crippen LogP contribution in [-0.2, 0) is 0 Å². The molecule has 0 unspecified atom stereocenters. The fraction of sp³-hybridized carbons (Fsp3) is 0.273. The minimum atomic E-state index is 0.954. The molecule has 2 rings (SSSR count). The first-order chi connectivity index (χ1) is 6.86. The first-order valence-corrected chi connectivity index (χ1v) is 5.58. The normalized spacial score (nSPS) is 9.07. The molecule has 0 aliphatic carbocycles. The molecule has 0 aliphatic rings. The van der Waals surface area contributed by atoms with Gasteiger partial charge in [0.05, 0.1) is 5.69 Å². The Labute approximate surface area is 88.7 Å². The average molecular weight is 206 g/mol. The Balaban J connectivity index is 0.000000461. The molecular formula is C11H14N2S. The smallest absolute Gasteiger partial charge is 0.142 e. The van der Waals surface area contributed by atoms with E-state index in [4.69, 9.17) is 0 Å². The average Bonchev–Trinajstić information content (AvgIpc) is 2.69. The number of nitrogens with zero attached hydrogens (tertiary/aromatic N) is 2. The highest BCUT2D eigenvalue weighted by Gasteiger charge is 2.01. The Morgan fingerprint density at radius 2 is 2.00 bits per heavy atom. The standard InChI is InChI=1S/C9H8N2S.C2H6/c1-7-6-12-9(11-7)8-4-2-3-5-10-8;1-2/h2-6H,1H3;1-2H3. The van der Waals surface area contributed by atoms with Crippen LogP contribution in [0, 0.1) is 6.92 Å². The highest BCUT2D eigenvalue weighted by atomic mass is 32.1. The quantitative estimate of drug-likeness (QED) is 0.713. The molecule has 2 nitrogen and oxygen atoms in total. The predicted octanol–water partition coefficient (Wildman–Crippen LogP) is 3.54. The highest BCUT2D eigenvalue weighted by molar-refractivity contribution is 7.13. The SMILES string of the molecule is CC.Cc1csc(-c2ccccn2)n1. The van der Waals surface area contributed by atoms with E-state index in [1.54, 1.807) is 17.5 Å². The van der Waals surface area contributed by atoms with Crippen LogP contribution in [0.1, 0.15) is 19.5 Å². The van der Waals surface area contributed by atoms with Crippen LogP contribution in [0.2, 0.25) is 0 Å². The van der Waals surface area contributed by atoms with Gasteiger partial charge in [0.25, 0.3) is 0 Å². The largest absolute Gasteiger partial charge is 0.254 e. The number of hydrogen-bond donors (Lipinski definition) is 0. The molecule has 0 atom stereocenters. The van der Waals surface area contributed by atoms with Gasteiger partial charge in [-0.15, -0.1) is 11.3 Å². The second kappa shape index (κ2) is 5.50. The van der Waals surface area contributed by atoms with E-state index in [0.717, 1.165) is 16.4 Å². The van der Waals surface area contributed by atoms with E-state index in [0.29, 0.717) is 0 Å². The minimum Gasteiger partial charge on any atom is -0.254 e. The zero-order valence-corrected chi connectivity index (χ0v) is 9.51. The third-order valence-corrected chi connectivity index (χ3v) is 2.49. The van der Waals surface area contributed by atoms with Crippen molar-refractivity contribution in [1.82, 2.24) is 9.97 Å². The lowest BCUT2D eigenvalue weighted by molar-refractivity contribution is 1.23. The molecule has 0 saturated carbocycles. The number of hydrogen-bond acceptors (Lipinski definition) is 3. The van der Waals surface area contributed by atoms with Crippen molar-refractivity contribution in [2.75, 3.05) is 0 Å². The molecule has 74 valence electrons. The third kappa shape index (κ3) is 2.64. The Kier molecular flexibility index (Phi) is 4.26. The van der Waals surface area contributed by atoms with E-state index >= 15 is 0 Å². The van der Waals surface area contributed by atoms with Crippen molar-refractivity contribution >= 4 is 11.3 Å². The van der Waals surface area contributed by atoms with Crippen LogP contribution in [0.5, 0.6) is 0 Å². The topological polar surface area (TPSA) is 25.8 Å². The van der Waals surface area contributed by atoms with Crippen LogP contribution in [0.3, 0.4) is 0 Å². The van der Waals surface area contributed by atoms with E-state index in [2.05, 4.69) is 9.97 Å². The van der Waals surface area contributed by atoms with Gasteiger partial charge in [-0.1, -0.05) is 19.9 Å². The van der Waals surface area contributed by atoms with Gasteiger partial charge in [0.15, 0.2) is 0 Å². The van der Waals surface area contributed by atoms with E-state index in [1.165, 1.54) is 0 Å². The van der Waals surface area contributed by atoms with E-state index in [9.17, 15) is 0 Å². The molecule has 14 heavy (non-hydrogen) atoms. The first kappa shape index (κ1) is 10.9. The molecule has 0 aliphatic heterocycles. The number of thiazole rings is 1. The Hall–Kier alpha value is -1.22. The maximum absolute atomic E-state index is 4.34. The van der Waals surface area contributed by atoms with E-state index < -0.39 is 0 Å². The number of aromatic nitrogens is 2. The van der Waals surface area contributed by atoms with Gasteiger partial charge < -0.3 is 0 Å². The summed E-state index contributed by atoms with van der Waals surface area (Å²) < 4.78 is 0. The summed E-state index contributed by atoms with van der Waals surface area (Å²) in [7, 11) is 0. The molecule has 2 aromatic rings. The van der Waals surface area contributed by atoms with Crippen molar-refractivity contribution in [2.45, 2.75) is 20.8 Å². The van der Waals surface area contributed by atoms with Crippen molar-refractivity contribution in [3.8, 4) is 10.7 Å². The third-order valence-electron chi connectivity index (χ3n) is 1.50. The molecule has 0 aromatic carbocycles. The van der Waals surface area contributed by atoms with Gasteiger partial charge in [-0.2, -0.15) is 0 Å². The molecule has 0 radical (unpaired) electrons. The molecular weight excluding hydrogens is 192 g/mol. The summed E-state index contributed by atoms with van der Waals surface area (Å²) in [6, 6.07) is 5.85. The highest BCUT2D eigenvalue weighted by Crippen LogP contribution is 2.20. The summed E-state index contributed by atoms with van der Waals surface area (Å²) in [5, 5.41) is 3.03. The minimum absolute atomic E-state index is 0.954. The van der Waals surface area contributed by atoms with Gasteiger partial charge >= 0.3 is 0 Å². The number of rotatable bonds is 1. The van der Waals surface area contributed by atoms with Crippen molar-refractivity contribution in [3.05, 3.63) is 35.5 Å². The fourth-order valence-corrected chi connectivity index (χ4v) is 1.73. The zero-order valence-electron chi connectivity index (χ0n) is 8.69. The van der Waals surface area contributed by atoms with Crippen LogP contribution < -0.4 is 0 Å². The molecule has 0 fully saturated rings. The van der Waals surface area contributed by atoms with Crippen LogP contribution in [0.15, 0.2) is 29.8 Å². The summed E-state index contributed by atoms with van der Waals surface area (Å²) in [5.41, 5.74) is 2.01. The monoisotopic (exact) mass is 206 g/mol. The summed E-state index contributed by atoms with van der Waals surface area (Å²) in [6.45, 7) is 5.99. The molecule has 0 bridgehead atoms. The van der Waals surface area contributed by atoms with Crippen molar-refractivity contribution in [2.24, 2.45) is 0 Å².